The van der Waals surface area contributed by atoms with Gasteiger partial charge in [-0.15, -0.1) is 0 Å². The molecule has 0 aliphatic heterocycles. The zero-order chi connectivity index (χ0) is 13.3. The summed E-state index contributed by atoms with van der Waals surface area (Å²) in [5, 5.41) is 0. The van der Waals surface area contributed by atoms with Crippen LogP contribution in [0.4, 0.5) is 0 Å². The molecule has 0 spiro atoms. The van der Waals surface area contributed by atoms with E-state index in [0.29, 0.717) is 0 Å². The molecule has 0 aromatic heterocycles. The number of phosphoric ester groups is 1. The zero-order valence-electron chi connectivity index (χ0n) is 10.6. The lowest BCUT2D eigenvalue weighted by Gasteiger charge is -2.17. The van der Waals surface area contributed by atoms with Gasteiger partial charge in [-0.05, 0) is 33.8 Å². The minimum atomic E-state index is -3.74. The van der Waals surface area contributed by atoms with Gasteiger partial charge in [-0.1, -0.05) is 0 Å². The van der Waals surface area contributed by atoms with Crippen molar-refractivity contribution < 1.29 is 27.7 Å². The first-order valence-corrected chi connectivity index (χ1v) is 6.91. The second kappa shape index (κ2) is 8.28. The lowest BCUT2D eigenvalue weighted by Crippen LogP contribution is -2.11. The van der Waals surface area contributed by atoms with Crippen LogP contribution in [-0.2, 0) is 27.7 Å². The van der Waals surface area contributed by atoms with Crippen molar-refractivity contribution in [3.63, 3.8) is 0 Å². The molecule has 0 fully saturated rings. The summed E-state index contributed by atoms with van der Waals surface area (Å²) in [6, 6.07) is 0. The molecule has 6 nitrogen and oxygen atoms in total. The number of rotatable bonds is 8. The van der Waals surface area contributed by atoms with Crippen LogP contribution in [0.3, 0.4) is 0 Å². The van der Waals surface area contributed by atoms with E-state index < -0.39 is 13.8 Å². The molecular formula is C10H19O6P. The molecule has 0 rings (SSSR count). The third kappa shape index (κ3) is 5.86. The normalized spacial score (nSPS) is 12.4. The van der Waals surface area contributed by atoms with Crippen LogP contribution in [-0.4, -0.2) is 25.8 Å². The van der Waals surface area contributed by atoms with Crippen LogP contribution >= 0.6 is 7.82 Å². The Morgan fingerprint density at radius 3 is 2.00 bits per heavy atom. The second-order valence-electron chi connectivity index (χ2n) is 2.75. The number of allylic oxidation sites excluding steroid dienone is 1. The fourth-order valence-corrected chi connectivity index (χ4v) is 2.17. The molecule has 0 radical (unpaired) electrons. The fourth-order valence-electron chi connectivity index (χ4n) is 0.937. The molecule has 0 aromatic rings. The van der Waals surface area contributed by atoms with Crippen LogP contribution in [0.5, 0.6) is 0 Å². The van der Waals surface area contributed by atoms with Gasteiger partial charge in [0.25, 0.3) is 0 Å². The van der Waals surface area contributed by atoms with E-state index >= 15 is 0 Å². The minimum Gasteiger partial charge on any atom is -0.460 e. The first-order chi connectivity index (χ1) is 8.02. The lowest BCUT2D eigenvalue weighted by atomic mass is 10.5. The van der Waals surface area contributed by atoms with Crippen molar-refractivity contribution in [1.29, 1.82) is 0 Å². The maximum Gasteiger partial charge on any atom is 0.530 e. The van der Waals surface area contributed by atoms with Gasteiger partial charge in [0.15, 0.2) is 0 Å². The van der Waals surface area contributed by atoms with Crippen LogP contribution in [0, 0.1) is 0 Å². The Morgan fingerprint density at radius 1 is 1.12 bits per heavy atom. The second-order valence-corrected chi connectivity index (χ2v) is 4.34. The molecule has 0 amide bonds. The molecule has 100 valence electrons. The van der Waals surface area contributed by atoms with Crippen molar-refractivity contribution in [2.45, 2.75) is 27.7 Å². The average Bonchev–Trinajstić information content (AvgIpc) is 2.27. The summed E-state index contributed by atoms with van der Waals surface area (Å²) < 4.78 is 31.5. The number of esters is 1. The number of ether oxygens (including phenoxy) is 1. The highest BCUT2D eigenvalue weighted by Crippen LogP contribution is 2.51. The molecule has 0 atom stereocenters. The summed E-state index contributed by atoms with van der Waals surface area (Å²) >= 11 is 0. The Labute approximate surface area is 101 Å². The van der Waals surface area contributed by atoms with Gasteiger partial charge in [0.2, 0.25) is 5.76 Å². The fraction of sp³-hybridized carbons (Fsp3) is 0.700. The van der Waals surface area contributed by atoms with E-state index in [9.17, 15) is 9.36 Å². The minimum absolute atomic E-state index is 0.150. The molecule has 0 aliphatic carbocycles. The Hall–Kier alpha value is -0.840. The summed E-state index contributed by atoms with van der Waals surface area (Å²) in [6.45, 7) is 7.02. The third-order valence-corrected chi connectivity index (χ3v) is 3.09. The summed E-state index contributed by atoms with van der Waals surface area (Å²) in [4.78, 5) is 11.4. The van der Waals surface area contributed by atoms with Gasteiger partial charge < -0.3 is 9.26 Å². The molecule has 0 unspecified atom stereocenters. The molecule has 17 heavy (non-hydrogen) atoms. The average molecular weight is 266 g/mol. The van der Waals surface area contributed by atoms with E-state index in [0.717, 1.165) is 0 Å². The van der Waals surface area contributed by atoms with Gasteiger partial charge in [-0.3, -0.25) is 9.05 Å². The quantitative estimate of drug-likeness (QED) is 0.291. The van der Waals surface area contributed by atoms with Crippen molar-refractivity contribution in [3.05, 3.63) is 11.8 Å². The molecule has 7 heteroatoms. The monoisotopic (exact) mass is 266 g/mol. The van der Waals surface area contributed by atoms with E-state index in [1.54, 1.807) is 27.7 Å². The van der Waals surface area contributed by atoms with Gasteiger partial charge in [0, 0.05) is 0 Å². The number of hydrogen-bond acceptors (Lipinski definition) is 6. The Kier molecular flexibility index (Phi) is 7.87. The highest BCUT2D eigenvalue weighted by molar-refractivity contribution is 7.48. The van der Waals surface area contributed by atoms with Crippen LogP contribution in [0.1, 0.15) is 27.7 Å². The van der Waals surface area contributed by atoms with Gasteiger partial charge in [0.1, 0.15) is 0 Å². The van der Waals surface area contributed by atoms with Gasteiger partial charge >= 0.3 is 13.8 Å². The predicted molar refractivity (Wildman–Crippen MR) is 62.3 cm³/mol. The van der Waals surface area contributed by atoms with Crippen molar-refractivity contribution in [2.75, 3.05) is 19.8 Å². The molecule has 0 saturated heterocycles. The highest BCUT2D eigenvalue weighted by Gasteiger charge is 2.30. The highest BCUT2D eigenvalue weighted by atomic mass is 31.2. The van der Waals surface area contributed by atoms with Crippen molar-refractivity contribution in [1.82, 2.24) is 0 Å². The number of carbonyl (C=O) groups excluding carboxylic acids is 1. The molecule has 0 saturated carbocycles. The summed E-state index contributed by atoms with van der Waals surface area (Å²) in [5.74, 6) is -0.883. The molecule has 0 N–H and O–H groups in total. The van der Waals surface area contributed by atoms with Crippen LogP contribution < -0.4 is 0 Å². The summed E-state index contributed by atoms with van der Waals surface area (Å²) in [6.07, 6.45) is 1.35. The first kappa shape index (κ1) is 16.2. The van der Waals surface area contributed by atoms with Crippen LogP contribution in [0.2, 0.25) is 0 Å². The van der Waals surface area contributed by atoms with E-state index in [-0.39, 0.29) is 25.6 Å². The zero-order valence-corrected chi connectivity index (χ0v) is 11.5. The largest absolute Gasteiger partial charge is 0.530 e. The van der Waals surface area contributed by atoms with Crippen molar-refractivity contribution in [2.24, 2.45) is 0 Å². The van der Waals surface area contributed by atoms with Crippen LogP contribution in [0.15, 0.2) is 11.8 Å². The SMILES string of the molecule is C/C=C(/OP(=O)(OCC)OCC)C(=O)OCC. The topological polar surface area (TPSA) is 71.1 Å². The van der Waals surface area contributed by atoms with E-state index in [4.69, 9.17) is 18.3 Å². The van der Waals surface area contributed by atoms with Crippen LogP contribution in [0.25, 0.3) is 0 Å². The van der Waals surface area contributed by atoms with E-state index in [1.807, 2.05) is 0 Å². The molecular weight excluding hydrogens is 247 g/mol. The van der Waals surface area contributed by atoms with E-state index in [1.165, 1.54) is 6.08 Å². The standard InChI is InChI=1S/C10H19O6P/c1-5-9(10(11)13-6-2)16-17(12,14-7-3)15-8-4/h5H,6-8H2,1-4H3/b9-5+. The maximum absolute atomic E-state index is 12.0. The van der Waals surface area contributed by atoms with E-state index in [2.05, 4.69) is 0 Å². The number of phosphoric acid groups is 1. The lowest BCUT2D eigenvalue weighted by molar-refractivity contribution is -0.141. The summed E-state index contributed by atoms with van der Waals surface area (Å²) in [5.41, 5.74) is 0. The first-order valence-electron chi connectivity index (χ1n) is 5.45. The van der Waals surface area contributed by atoms with Crippen molar-refractivity contribution >= 4 is 13.8 Å². The smallest absolute Gasteiger partial charge is 0.460 e. The molecule has 0 heterocycles. The predicted octanol–water partition coefficient (Wildman–Crippen LogP) is 2.65. The molecule has 0 aliphatic rings. The Morgan fingerprint density at radius 2 is 1.65 bits per heavy atom. The number of carbonyl (C=O) groups is 1. The van der Waals surface area contributed by atoms with Gasteiger partial charge in [-0.25, -0.2) is 9.36 Å². The van der Waals surface area contributed by atoms with Gasteiger partial charge in [-0.2, -0.15) is 0 Å². The third-order valence-electron chi connectivity index (χ3n) is 1.52. The number of hydrogen-bond donors (Lipinski definition) is 0. The summed E-state index contributed by atoms with van der Waals surface area (Å²) in [7, 11) is -3.74. The Balaban J connectivity index is 4.72. The maximum atomic E-state index is 12.0. The Bertz CT molecular complexity index is 302. The van der Waals surface area contributed by atoms with Gasteiger partial charge in [0.05, 0.1) is 19.8 Å². The molecule has 0 aromatic carbocycles. The molecule has 0 bridgehead atoms. The van der Waals surface area contributed by atoms with Crippen molar-refractivity contribution in [3.8, 4) is 0 Å².